The quantitative estimate of drug-likeness (QED) is 0.211. The minimum Gasteiger partial charge on any atom is -0.478 e. The average Bonchev–Trinajstić information content (AvgIpc) is 3.61. The van der Waals surface area contributed by atoms with Gasteiger partial charge in [0.15, 0.2) is 11.3 Å². The van der Waals surface area contributed by atoms with Crippen LogP contribution < -0.4 is 5.73 Å². The summed E-state index contributed by atoms with van der Waals surface area (Å²) in [7, 11) is 0. The minimum absolute atomic E-state index is 0.0479. The summed E-state index contributed by atoms with van der Waals surface area (Å²) in [5.41, 5.74) is 11.1. The van der Waals surface area contributed by atoms with Crippen molar-refractivity contribution in [2.45, 2.75) is 19.4 Å². The monoisotopic (exact) mass is 563 g/mol. The Labute approximate surface area is 239 Å². The summed E-state index contributed by atoms with van der Waals surface area (Å²) in [6.07, 6.45) is 6.89. The molecule has 0 aliphatic rings. The largest absolute Gasteiger partial charge is 0.478 e. The number of nitrogens with two attached hydrogens (primary N) is 1. The number of rotatable bonds is 8. The van der Waals surface area contributed by atoms with E-state index in [-0.39, 0.29) is 29.3 Å². The van der Waals surface area contributed by atoms with Crippen molar-refractivity contribution in [1.82, 2.24) is 19.4 Å². The minimum atomic E-state index is -1.21. The highest BCUT2D eigenvalue weighted by Crippen LogP contribution is 2.32. The number of para-hydroxylation sites is 1. The number of nitrogens with zero attached hydrogens (tertiary/aromatic N) is 3. The number of aromatic nitrogens is 4. The number of pyridine rings is 2. The number of H-pyrrole nitrogens is 1. The predicted molar refractivity (Wildman–Crippen MR) is 156 cm³/mol. The molecule has 0 spiro atoms. The van der Waals surface area contributed by atoms with E-state index in [4.69, 9.17) is 10.5 Å². The SMILES string of the molecule is Cc1cc(-c2ncccc2-c2cc(C(=O)O)c3ncc(C(=O)OC[C@H](N)Cc4c[nH]c5ccccc45)n3c2)ccc1F. The average molecular weight is 564 g/mol. The number of aromatic carboxylic acids is 1. The molecular weight excluding hydrogens is 537 g/mol. The molecule has 0 radical (unpaired) electrons. The third kappa shape index (κ3) is 4.99. The van der Waals surface area contributed by atoms with Crippen LogP contribution in [0, 0.1) is 12.7 Å². The molecule has 9 nitrogen and oxygen atoms in total. The molecule has 6 rings (SSSR count). The molecule has 0 bridgehead atoms. The lowest BCUT2D eigenvalue weighted by atomic mass is 9.98. The second-order valence-corrected chi connectivity index (χ2v) is 10.1. The van der Waals surface area contributed by atoms with Crippen molar-refractivity contribution >= 4 is 28.5 Å². The number of aromatic amines is 1. The van der Waals surface area contributed by atoms with E-state index < -0.39 is 18.0 Å². The second-order valence-electron chi connectivity index (χ2n) is 10.1. The van der Waals surface area contributed by atoms with Crippen LogP contribution in [0.15, 0.2) is 85.5 Å². The Hall–Kier alpha value is -5.35. The van der Waals surface area contributed by atoms with Gasteiger partial charge in [-0.05, 0) is 60.9 Å². The van der Waals surface area contributed by atoms with E-state index in [1.165, 1.54) is 22.7 Å². The van der Waals surface area contributed by atoms with Crippen molar-refractivity contribution in [2.75, 3.05) is 6.61 Å². The van der Waals surface area contributed by atoms with E-state index in [1.54, 1.807) is 43.6 Å². The molecule has 0 amide bonds. The van der Waals surface area contributed by atoms with E-state index in [1.807, 2.05) is 30.5 Å². The molecule has 0 aliphatic heterocycles. The van der Waals surface area contributed by atoms with Crippen molar-refractivity contribution in [2.24, 2.45) is 5.73 Å². The van der Waals surface area contributed by atoms with Gasteiger partial charge in [0.1, 0.15) is 18.0 Å². The molecule has 0 saturated carbocycles. The lowest BCUT2D eigenvalue weighted by Crippen LogP contribution is -2.30. The van der Waals surface area contributed by atoms with Crippen LogP contribution in [0.4, 0.5) is 4.39 Å². The standard InChI is InChI=1S/C32H26FN5O4/c1-18-11-19(8-9-26(18)33)29-24(6-4-10-35-29)21-13-25(31(39)40)30-37-15-28(38(30)16-21)32(41)42-17-22(34)12-20-14-36-27-7-3-2-5-23(20)27/h2-11,13-16,22,36H,12,17,34H2,1H3,(H,39,40)/t22-/m1/s1. The van der Waals surface area contributed by atoms with Gasteiger partial charge in [0.05, 0.1) is 11.9 Å². The van der Waals surface area contributed by atoms with Gasteiger partial charge >= 0.3 is 11.9 Å². The van der Waals surface area contributed by atoms with Crippen LogP contribution in [0.5, 0.6) is 0 Å². The van der Waals surface area contributed by atoms with Gasteiger partial charge in [-0.15, -0.1) is 0 Å². The highest BCUT2D eigenvalue weighted by molar-refractivity contribution is 5.98. The molecule has 6 aromatic rings. The number of hydrogen-bond acceptors (Lipinski definition) is 6. The number of carboxylic acid groups (broad SMARTS) is 1. The van der Waals surface area contributed by atoms with Crippen molar-refractivity contribution in [1.29, 1.82) is 0 Å². The predicted octanol–water partition coefficient (Wildman–Crippen LogP) is 5.42. The van der Waals surface area contributed by atoms with E-state index in [0.29, 0.717) is 34.4 Å². The zero-order valence-corrected chi connectivity index (χ0v) is 22.5. The molecular formula is C32H26FN5O4. The maximum Gasteiger partial charge on any atom is 0.357 e. The first kappa shape index (κ1) is 26.9. The third-order valence-electron chi connectivity index (χ3n) is 7.18. The number of fused-ring (bicyclic) bond motifs is 2. The summed E-state index contributed by atoms with van der Waals surface area (Å²) < 4.78 is 20.9. The van der Waals surface area contributed by atoms with Crippen LogP contribution in [0.2, 0.25) is 0 Å². The number of esters is 1. The molecule has 0 fully saturated rings. The van der Waals surface area contributed by atoms with E-state index >= 15 is 0 Å². The number of hydrogen-bond donors (Lipinski definition) is 3. The van der Waals surface area contributed by atoms with Gasteiger partial charge in [0.25, 0.3) is 0 Å². The first-order chi connectivity index (χ1) is 20.3. The lowest BCUT2D eigenvalue weighted by molar-refractivity contribution is 0.0472. The van der Waals surface area contributed by atoms with Gasteiger partial charge in [-0.1, -0.05) is 24.3 Å². The van der Waals surface area contributed by atoms with E-state index in [2.05, 4.69) is 15.0 Å². The third-order valence-corrected chi connectivity index (χ3v) is 7.18. The number of carboxylic acids is 1. The second kappa shape index (κ2) is 10.9. The molecule has 0 unspecified atom stereocenters. The Bertz CT molecular complexity index is 1980. The molecule has 210 valence electrons. The molecule has 0 saturated heterocycles. The summed E-state index contributed by atoms with van der Waals surface area (Å²) in [4.78, 5) is 37.3. The van der Waals surface area contributed by atoms with E-state index in [9.17, 15) is 19.1 Å². The van der Waals surface area contributed by atoms with Crippen LogP contribution in [-0.2, 0) is 11.2 Å². The lowest BCUT2D eigenvalue weighted by Gasteiger charge is -2.13. The Kier molecular flexibility index (Phi) is 6.97. The van der Waals surface area contributed by atoms with Gasteiger partial charge in [0.2, 0.25) is 0 Å². The van der Waals surface area contributed by atoms with Gasteiger partial charge in [-0.25, -0.2) is 19.0 Å². The number of nitrogens with one attached hydrogen (secondary N) is 1. The number of carbonyl (C=O) groups is 2. The molecule has 2 aromatic carbocycles. The fraction of sp³-hybridized carbons (Fsp3) is 0.125. The number of imidazole rings is 1. The number of carbonyl (C=O) groups excluding carboxylic acids is 1. The molecule has 4 N–H and O–H groups in total. The summed E-state index contributed by atoms with van der Waals surface area (Å²) in [6, 6.07) is 17.0. The van der Waals surface area contributed by atoms with Crippen LogP contribution >= 0.6 is 0 Å². The van der Waals surface area contributed by atoms with Gasteiger partial charge in [0, 0.05) is 52.2 Å². The highest BCUT2D eigenvalue weighted by Gasteiger charge is 2.22. The number of aryl methyl sites for hydroxylation is 1. The van der Waals surface area contributed by atoms with Crippen molar-refractivity contribution < 1.29 is 23.8 Å². The molecule has 1 atom stereocenters. The zero-order valence-electron chi connectivity index (χ0n) is 22.5. The van der Waals surface area contributed by atoms with Crippen molar-refractivity contribution in [3.05, 3.63) is 114 Å². The summed E-state index contributed by atoms with van der Waals surface area (Å²) in [6.45, 7) is 1.61. The molecule has 4 aromatic heterocycles. The summed E-state index contributed by atoms with van der Waals surface area (Å²) >= 11 is 0. The fourth-order valence-electron chi connectivity index (χ4n) is 5.10. The number of halogens is 1. The smallest absolute Gasteiger partial charge is 0.357 e. The Balaban J connectivity index is 1.31. The maximum atomic E-state index is 14.0. The Morgan fingerprint density at radius 3 is 2.74 bits per heavy atom. The van der Waals surface area contributed by atoms with Crippen LogP contribution in [0.3, 0.4) is 0 Å². The summed E-state index contributed by atoms with van der Waals surface area (Å²) in [5.74, 6) is -2.24. The molecule has 0 aliphatic carbocycles. The first-order valence-corrected chi connectivity index (χ1v) is 13.2. The van der Waals surface area contributed by atoms with Crippen LogP contribution in [0.25, 0.3) is 38.9 Å². The van der Waals surface area contributed by atoms with Gasteiger partial charge in [-0.2, -0.15) is 0 Å². The molecule has 10 heteroatoms. The van der Waals surface area contributed by atoms with Crippen LogP contribution in [-0.4, -0.2) is 49.0 Å². The van der Waals surface area contributed by atoms with Crippen LogP contribution in [0.1, 0.15) is 32.0 Å². The number of benzene rings is 2. The normalized spacial score (nSPS) is 12.1. The molecule has 42 heavy (non-hydrogen) atoms. The Morgan fingerprint density at radius 2 is 1.93 bits per heavy atom. The van der Waals surface area contributed by atoms with E-state index in [0.717, 1.165) is 16.5 Å². The zero-order chi connectivity index (χ0) is 29.4. The maximum absolute atomic E-state index is 14.0. The number of ether oxygens (including phenoxy) is 1. The van der Waals surface area contributed by atoms with Gasteiger partial charge < -0.3 is 20.6 Å². The fourth-order valence-corrected chi connectivity index (χ4v) is 5.10. The van der Waals surface area contributed by atoms with Crippen molar-refractivity contribution in [3.8, 4) is 22.4 Å². The topological polar surface area (TPSA) is 136 Å². The summed E-state index contributed by atoms with van der Waals surface area (Å²) in [5, 5.41) is 11.0. The highest BCUT2D eigenvalue weighted by atomic mass is 19.1. The molecule has 4 heterocycles. The Morgan fingerprint density at radius 1 is 1.10 bits per heavy atom. The van der Waals surface area contributed by atoms with Gasteiger partial charge in [-0.3, -0.25) is 9.38 Å². The van der Waals surface area contributed by atoms with Crippen molar-refractivity contribution in [3.63, 3.8) is 0 Å². The first-order valence-electron chi connectivity index (χ1n) is 13.2.